The maximum Gasteiger partial charge on any atom is 0.343 e. The molecule has 0 saturated heterocycles. The van der Waals surface area contributed by atoms with Gasteiger partial charge in [0.05, 0.1) is 24.3 Å². The van der Waals surface area contributed by atoms with Gasteiger partial charge in [0, 0.05) is 21.8 Å². The molecule has 0 spiro atoms. The zero-order chi connectivity index (χ0) is 31.4. The molecule has 10 nitrogen and oxygen atoms in total. The third-order valence-corrected chi connectivity index (χ3v) is 7.09. The van der Waals surface area contributed by atoms with Gasteiger partial charge in [0.25, 0.3) is 0 Å². The van der Waals surface area contributed by atoms with Crippen LogP contribution in [0.5, 0.6) is 5.75 Å². The molecule has 0 fully saturated rings. The van der Waals surface area contributed by atoms with E-state index in [4.69, 9.17) is 25.4 Å². The molecule has 0 saturated carbocycles. The molecular weight excluding hydrogens is 570 g/mol. The largest absolute Gasteiger partial charge is 0.464 e. The van der Waals surface area contributed by atoms with Crippen molar-refractivity contribution in [2.45, 2.75) is 31.7 Å². The van der Waals surface area contributed by atoms with Crippen LogP contribution in [0.15, 0.2) is 83.3 Å². The lowest BCUT2D eigenvalue weighted by Crippen LogP contribution is -2.44. The third kappa shape index (κ3) is 9.57. The summed E-state index contributed by atoms with van der Waals surface area (Å²) in [7, 11) is 0. The molecule has 3 aromatic rings. The number of nitrogens with one attached hydrogen (secondary N) is 2. The number of esters is 3. The highest BCUT2D eigenvalue weighted by Crippen LogP contribution is 2.25. The van der Waals surface area contributed by atoms with Crippen LogP contribution in [0, 0.1) is 5.41 Å². The summed E-state index contributed by atoms with van der Waals surface area (Å²) >= 11 is 1.23. The van der Waals surface area contributed by atoms with Crippen LogP contribution in [0.2, 0.25) is 0 Å². The summed E-state index contributed by atoms with van der Waals surface area (Å²) in [6, 6.07) is 18.6. The predicted octanol–water partition coefficient (Wildman–Crippen LogP) is 4.61. The summed E-state index contributed by atoms with van der Waals surface area (Å²) in [5.74, 6) is -1.76. The van der Waals surface area contributed by atoms with Gasteiger partial charge in [-0.2, -0.15) is 0 Å². The molecule has 3 rings (SSSR count). The summed E-state index contributed by atoms with van der Waals surface area (Å²) in [5.41, 5.74) is 7.61. The summed E-state index contributed by atoms with van der Waals surface area (Å²) < 4.78 is 15.6. The van der Waals surface area contributed by atoms with Gasteiger partial charge in [-0.3, -0.25) is 10.2 Å². The number of thioether (sulfide) groups is 1. The van der Waals surface area contributed by atoms with E-state index in [-0.39, 0.29) is 24.8 Å². The second-order valence-corrected chi connectivity index (χ2v) is 10.1. The second kappa shape index (κ2) is 15.9. The lowest BCUT2D eigenvalue weighted by molar-refractivity contribution is -0.146. The van der Waals surface area contributed by atoms with E-state index in [1.54, 1.807) is 99.6 Å². The molecule has 0 unspecified atom stereocenters. The Morgan fingerprint density at radius 1 is 0.884 bits per heavy atom. The van der Waals surface area contributed by atoms with Crippen LogP contribution in [0.3, 0.4) is 0 Å². The first-order valence-electron chi connectivity index (χ1n) is 13.4. The number of carbonyl (C=O) groups is 4. The van der Waals surface area contributed by atoms with Crippen LogP contribution >= 0.6 is 11.8 Å². The number of hydrogen-bond acceptors (Lipinski definition) is 9. The third-order valence-electron chi connectivity index (χ3n) is 5.93. The minimum absolute atomic E-state index is 0.0856. The summed E-state index contributed by atoms with van der Waals surface area (Å²) in [5, 5.41) is 10.2. The molecule has 1 atom stereocenters. The summed E-state index contributed by atoms with van der Waals surface area (Å²) in [4.78, 5) is 51.1. The van der Waals surface area contributed by atoms with Crippen molar-refractivity contribution < 1.29 is 33.4 Å². The maximum absolute atomic E-state index is 13.0. The van der Waals surface area contributed by atoms with E-state index in [0.29, 0.717) is 38.5 Å². The first kappa shape index (κ1) is 32.6. The number of rotatable bonds is 13. The van der Waals surface area contributed by atoms with Crippen molar-refractivity contribution in [3.8, 4) is 5.75 Å². The number of carbonyl (C=O) groups excluding carboxylic acids is 4. The van der Waals surface area contributed by atoms with Crippen molar-refractivity contribution in [1.29, 1.82) is 5.41 Å². The van der Waals surface area contributed by atoms with Crippen molar-refractivity contribution in [2.24, 2.45) is 5.73 Å². The normalized spacial score (nSPS) is 11.7. The number of hydrogen-bond donors (Lipinski definition) is 3. The fourth-order valence-electron chi connectivity index (χ4n) is 3.73. The highest BCUT2D eigenvalue weighted by Gasteiger charge is 2.24. The molecule has 3 aromatic carbocycles. The molecule has 0 radical (unpaired) electrons. The van der Waals surface area contributed by atoms with Gasteiger partial charge in [0.1, 0.15) is 17.6 Å². The number of ether oxygens (including phenoxy) is 3. The highest BCUT2D eigenvalue weighted by atomic mass is 32.2. The number of benzene rings is 3. The number of amidine groups is 1. The monoisotopic (exact) mass is 603 g/mol. The van der Waals surface area contributed by atoms with E-state index in [2.05, 4.69) is 5.32 Å². The van der Waals surface area contributed by atoms with E-state index in [1.165, 1.54) is 11.8 Å². The first-order chi connectivity index (χ1) is 20.6. The van der Waals surface area contributed by atoms with Crippen LogP contribution < -0.4 is 15.8 Å². The molecule has 0 aromatic heterocycles. The Morgan fingerprint density at radius 3 is 2.14 bits per heavy atom. The molecule has 0 aliphatic rings. The van der Waals surface area contributed by atoms with Crippen molar-refractivity contribution in [1.82, 2.24) is 5.32 Å². The minimum atomic E-state index is -0.974. The second-order valence-electron chi connectivity index (χ2n) is 9.08. The molecule has 0 aliphatic heterocycles. The summed E-state index contributed by atoms with van der Waals surface area (Å²) in [6.45, 7) is 5.37. The van der Waals surface area contributed by atoms with Gasteiger partial charge in [-0.25, -0.2) is 14.4 Å². The summed E-state index contributed by atoms with van der Waals surface area (Å²) in [6.07, 6.45) is 1.62. The molecule has 11 heteroatoms. The lowest BCUT2D eigenvalue weighted by atomic mass is 10.1. The van der Waals surface area contributed by atoms with Crippen LogP contribution in [-0.2, 0) is 19.1 Å². The van der Waals surface area contributed by atoms with Gasteiger partial charge >= 0.3 is 17.9 Å². The maximum atomic E-state index is 13.0. The molecule has 0 aliphatic carbocycles. The Morgan fingerprint density at radius 2 is 1.51 bits per heavy atom. The van der Waals surface area contributed by atoms with E-state index < -0.39 is 29.9 Å². The topological polar surface area (TPSA) is 158 Å². The standard InChI is InChI=1S/C32H33N3O7S/c1-4-40-31(38)25-8-6-7-9-27(25)43-19-26(32(39)41-5-2)35-29(36)20(3)18-21-10-12-23(13-11-21)30(37)42-24-16-14-22(15-17-24)28(33)34/h6-18,26H,4-5,19H2,1-3H3,(H3,33,34)(H,35,36)/t26-/m0/s1. The van der Waals surface area contributed by atoms with Crippen molar-refractivity contribution in [2.75, 3.05) is 19.0 Å². The molecule has 224 valence electrons. The highest BCUT2D eigenvalue weighted by molar-refractivity contribution is 7.99. The first-order valence-corrected chi connectivity index (χ1v) is 14.4. The van der Waals surface area contributed by atoms with Gasteiger partial charge in [-0.1, -0.05) is 24.3 Å². The van der Waals surface area contributed by atoms with Gasteiger partial charge in [0.15, 0.2) is 0 Å². The van der Waals surface area contributed by atoms with Gasteiger partial charge in [-0.15, -0.1) is 11.8 Å². The van der Waals surface area contributed by atoms with Gasteiger partial charge in [-0.05, 0) is 80.9 Å². The smallest absolute Gasteiger partial charge is 0.343 e. The van der Waals surface area contributed by atoms with E-state index in [9.17, 15) is 19.2 Å². The quantitative estimate of drug-likeness (QED) is 0.0634. The Balaban J connectivity index is 1.66. The predicted molar refractivity (Wildman–Crippen MR) is 164 cm³/mol. The number of nitrogens with two attached hydrogens (primary N) is 1. The Kier molecular flexibility index (Phi) is 12.1. The van der Waals surface area contributed by atoms with Crippen molar-refractivity contribution in [3.63, 3.8) is 0 Å². The molecule has 0 heterocycles. The van der Waals surface area contributed by atoms with Crippen LogP contribution in [-0.4, -0.2) is 54.7 Å². The van der Waals surface area contributed by atoms with E-state index in [0.717, 1.165) is 0 Å². The van der Waals surface area contributed by atoms with Crippen LogP contribution in [0.4, 0.5) is 0 Å². The lowest BCUT2D eigenvalue weighted by Gasteiger charge is -2.18. The van der Waals surface area contributed by atoms with Crippen molar-refractivity contribution >= 4 is 47.5 Å². The van der Waals surface area contributed by atoms with Gasteiger partial charge in [0.2, 0.25) is 5.91 Å². The van der Waals surface area contributed by atoms with Crippen LogP contribution in [0.1, 0.15) is 52.6 Å². The molecule has 0 bridgehead atoms. The minimum Gasteiger partial charge on any atom is -0.464 e. The number of amides is 1. The Labute approximate surface area is 254 Å². The van der Waals surface area contributed by atoms with Gasteiger partial charge < -0.3 is 25.3 Å². The molecular formula is C32H33N3O7S. The fraction of sp³-hybridized carbons (Fsp3) is 0.219. The molecule has 4 N–H and O–H groups in total. The van der Waals surface area contributed by atoms with Crippen LogP contribution in [0.25, 0.3) is 6.08 Å². The fourth-order valence-corrected chi connectivity index (χ4v) is 4.77. The molecule has 1 amide bonds. The van der Waals surface area contributed by atoms with E-state index in [1.807, 2.05) is 0 Å². The Bertz CT molecular complexity index is 1500. The SMILES string of the molecule is CCOC(=O)c1ccccc1SC[C@H](NC(=O)C(C)=Cc1ccc(C(=O)Oc2ccc(C(=N)N)cc2)cc1)C(=O)OCC. The van der Waals surface area contributed by atoms with Crippen molar-refractivity contribution in [3.05, 3.63) is 101 Å². The van der Waals surface area contributed by atoms with E-state index >= 15 is 0 Å². The molecule has 43 heavy (non-hydrogen) atoms. The zero-order valence-electron chi connectivity index (χ0n) is 24.0. The Hall–Kier alpha value is -4.90. The zero-order valence-corrected chi connectivity index (χ0v) is 24.9. The number of nitrogen functional groups attached to an aromatic ring is 1. The average Bonchev–Trinajstić information content (AvgIpc) is 3.00. The average molecular weight is 604 g/mol.